The Labute approximate surface area is 168 Å². The molecule has 6 nitrogen and oxygen atoms in total. The normalized spacial score (nSPS) is 16.2. The summed E-state index contributed by atoms with van der Waals surface area (Å²) < 4.78 is 20.1. The van der Waals surface area contributed by atoms with E-state index >= 15 is 0 Å². The van der Waals surface area contributed by atoms with Gasteiger partial charge in [0.2, 0.25) is 0 Å². The summed E-state index contributed by atoms with van der Waals surface area (Å²) in [5.41, 5.74) is 3.63. The highest BCUT2D eigenvalue weighted by Gasteiger charge is 2.22. The molecule has 2 heterocycles. The minimum atomic E-state index is -0.308. The molecule has 1 amide bonds. The summed E-state index contributed by atoms with van der Waals surface area (Å²) in [6, 6.07) is 15.5. The monoisotopic (exact) mass is 394 g/mol. The molecule has 1 aliphatic heterocycles. The van der Waals surface area contributed by atoms with E-state index in [1.54, 1.807) is 32.4 Å². The molecule has 0 bridgehead atoms. The number of hydrogen-bond acceptors (Lipinski definition) is 4. The number of hydrogen-bond donors (Lipinski definition) is 1. The van der Waals surface area contributed by atoms with E-state index in [-0.39, 0.29) is 17.8 Å². The number of carbonyl (C=O) groups is 1. The highest BCUT2D eigenvalue weighted by Crippen LogP contribution is 2.24. The van der Waals surface area contributed by atoms with Gasteiger partial charge in [0.05, 0.1) is 11.8 Å². The number of carbonyl (C=O) groups excluding carboxylic acids is 1. The van der Waals surface area contributed by atoms with E-state index in [1.165, 1.54) is 16.8 Å². The van der Waals surface area contributed by atoms with Crippen molar-refractivity contribution in [2.24, 2.45) is 7.05 Å². The Morgan fingerprint density at radius 3 is 2.55 bits per heavy atom. The topological polar surface area (TPSA) is 59.4 Å². The van der Waals surface area contributed by atoms with Crippen LogP contribution in [0.1, 0.15) is 16.9 Å². The van der Waals surface area contributed by atoms with Crippen LogP contribution in [0, 0.1) is 5.82 Å². The Bertz CT molecular complexity index is 999. The van der Waals surface area contributed by atoms with E-state index in [1.807, 2.05) is 24.3 Å². The van der Waals surface area contributed by atoms with Gasteiger partial charge in [0.1, 0.15) is 11.5 Å². The van der Waals surface area contributed by atoms with Gasteiger partial charge in [0.25, 0.3) is 5.91 Å². The van der Waals surface area contributed by atoms with Crippen molar-refractivity contribution in [2.75, 3.05) is 30.4 Å². The Balaban J connectivity index is 1.45. The van der Waals surface area contributed by atoms with Gasteiger partial charge in [-0.2, -0.15) is 5.10 Å². The maximum absolute atomic E-state index is 13.1. The molecule has 1 aliphatic rings. The summed E-state index contributed by atoms with van der Waals surface area (Å²) in [5.74, 6) is -0.556. The standard InChI is InChI=1S/C22H23FN4O2/c1-26-21(13-20(25-26)15-3-5-16(23)6-4-15)22(28)24-17-7-9-18(10-8-17)27-12-11-19(14-27)29-2/h3-10,13,19H,11-12,14H2,1-2H3,(H,24,28). The van der Waals surface area contributed by atoms with Crippen LogP contribution in [0.5, 0.6) is 0 Å². The molecule has 0 saturated carbocycles. The highest BCUT2D eigenvalue weighted by molar-refractivity contribution is 6.03. The number of anilines is 2. The zero-order chi connectivity index (χ0) is 20.4. The van der Waals surface area contributed by atoms with Crippen LogP contribution in [0.15, 0.2) is 54.6 Å². The fraction of sp³-hybridized carbons (Fsp3) is 0.273. The number of amides is 1. The number of halogens is 1. The van der Waals surface area contributed by atoms with Crippen molar-refractivity contribution in [3.05, 3.63) is 66.1 Å². The summed E-state index contributed by atoms with van der Waals surface area (Å²) in [6.07, 6.45) is 1.29. The predicted octanol–water partition coefficient (Wildman–Crippen LogP) is 3.70. The first kappa shape index (κ1) is 19.1. The lowest BCUT2D eigenvalue weighted by Crippen LogP contribution is -2.22. The number of nitrogens with zero attached hydrogens (tertiary/aromatic N) is 3. The molecule has 1 atom stereocenters. The lowest BCUT2D eigenvalue weighted by atomic mass is 10.1. The molecule has 150 valence electrons. The van der Waals surface area contributed by atoms with Gasteiger partial charge < -0.3 is 15.0 Å². The van der Waals surface area contributed by atoms with Gasteiger partial charge in [-0.25, -0.2) is 4.39 Å². The van der Waals surface area contributed by atoms with Crippen LogP contribution in [0.4, 0.5) is 15.8 Å². The van der Waals surface area contributed by atoms with Crippen LogP contribution >= 0.6 is 0 Å². The Kier molecular flexibility index (Phi) is 5.31. The first-order valence-electron chi connectivity index (χ1n) is 9.52. The van der Waals surface area contributed by atoms with E-state index in [0.29, 0.717) is 17.1 Å². The van der Waals surface area contributed by atoms with Crippen LogP contribution in [0.3, 0.4) is 0 Å². The van der Waals surface area contributed by atoms with E-state index < -0.39 is 0 Å². The first-order chi connectivity index (χ1) is 14.0. The zero-order valence-electron chi connectivity index (χ0n) is 16.4. The van der Waals surface area contributed by atoms with Gasteiger partial charge in [-0.05, 0) is 61.0 Å². The highest BCUT2D eigenvalue weighted by atomic mass is 19.1. The van der Waals surface area contributed by atoms with Gasteiger partial charge in [0, 0.05) is 44.2 Å². The second-order valence-corrected chi connectivity index (χ2v) is 7.14. The molecular formula is C22H23FN4O2. The van der Waals surface area contributed by atoms with Crippen LogP contribution in [0.2, 0.25) is 0 Å². The molecule has 1 unspecified atom stereocenters. The molecular weight excluding hydrogens is 371 g/mol. The summed E-state index contributed by atoms with van der Waals surface area (Å²) in [7, 11) is 3.46. The molecule has 2 aromatic carbocycles. The third kappa shape index (κ3) is 4.14. The molecule has 3 aromatic rings. The SMILES string of the molecule is COC1CCN(c2ccc(NC(=O)c3cc(-c4ccc(F)cc4)nn3C)cc2)C1. The molecule has 0 radical (unpaired) electrons. The molecule has 1 saturated heterocycles. The largest absolute Gasteiger partial charge is 0.380 e. The molecule has 1 aromatic heterocycles. The number of methoxy groups -OCH3 is 1. The first-order valence-corrected chi connectivity index (χ1v) is 9.52. The minimum absolute atomic E-state index is 0.248. The van der Waals surface area contributed by atoms with Gasteiger partial charge in [-0.15, -0.1) is 0 Å². The van der Waals surface area contributed by atoms with Gasteiger partial charge in [0.15, 0.2) is 0 Å². The van der Waals surface area contributed by atoms with E-state index in [2.05, 4.69) is 15.3 Å². The fourth-order valence-electron chi connectivity index (χ4n) is 3.55. The lowest BCUT2D eigenvalue weighted by molar-refractivity contribution is 0.101. The molecule has 0 spiro atoms. The number of aromatic nitrogens is 2. The summed E-state index contributed by atoms with van der Waals surface area (Å²) in [5, 5.41) is 7.28. The predicted molar refractivity (Wildman–Crippen MR) is 111 cm³/mol. The lowest BCUT2D eigenvalue weighted by Gasteiger charge is -2.18. The Morgan fingerprint density at radius 2 is 1.90 bits per heavy atom. The summed E-state index contributed by atoms with van der Waals surface area (Å²) in [4.78, 5) is 15.0. The molecule has 7 heteroatoms. The third-order valence-electron chi connectivity index (χ3n) is 5.22. The summed E-state index contributed by atoms with van der Waals surface area (Å²) >= 11 is 0. The molecule has 1 N–H and O–H groups in total. The Hall–Kier alpha value is -3.19. The fourth-order valence-corrected chi connectivity index (χ4v) is 3.55. The third-order valence-corrected chi connectivity index (χ3v) is 5.22. The maximum Gasteiger partial charge on any atom is 0.273 e. The number of ether oxygens (including phenoxy) is 1. The van der Waals surface area contributed by atoms with Gasteiger partial charge >= 0.3 is 0 Å². The minimum Gasteiger partial charge on any atom is -0.380 e. The van der Waals surface area contributed by atoms with Crippen LogP contribution in [-0.2, 0) is 11.8 Å². The molecule has 0 aliphatic carbocycles. The van der Waals surface area contributed by atoms with Crippen molar-refractivity contribution < 1.29 is 13.9 Å². The van der Waals surface area contributed by atoms with Crippen LogP contribution in [-0.4, -0.2) is 42.0 Å². The van der Waals surface area contributed by atoms with E-state index in [0.717, 1.165) is 30.8 Å². The second-order valence-electron chi connectivity index (χ2n) is 7.14. The van der Waals surface area contributed by atoms with Crippen molar-refractivity contribution in [1.29, 1.82) is 0 Å². The van der Waals surface area contributed by atoms with Crippen molar-refractivity contribution in [3.8, 4) is 11.3 Å². The average Bonchev–Trinajstić information content (AvgIpc) is 3.36. The van der Waals surface area contributed by atoms with Crippen molar-refractivity contribution in [3.63, 3.8) is 0 Å². The van der Waals surface area contributed by atoms with Crippen molar-refractivity contribution >= 4 is 17.3 Å². The number of benzene rings is 2. The number of aryl methyl sites for hydroxylation is 1. The van der Waals surface area contributed by atoms with E-state index in [4.69, 9.17) is 4.74 Å². The molecule has 1 fully saturated rings. The molecule has 4 rings (SSSR count). The molecule has 29 heavy (non-hydrogen) atoms. The second kappa shape index (κ2) is 8.05. The smallest absolute Gasteiger partial charge is 0.273 e. The average molecular weight is 394 g/mol. The summed E-state index contributed by atoms with van der Waals surface area (Å²) in [6.45, 7) is 1.84. The van der Waals surface area contributed by atoms with Crippen LogP contribution in [0.25, 0.3) is 11.3 Å². The van der Waals surface area contributed by atoms with Crippen molar-refractivity contribution in [2.45, 2.75) is 12.5 Å². The van der Waals surface area contributed by atoms with E-state index in [9.17, 15) is 9.18 Å². The quantitative estimate of drug-likeness (QED) is 0.717. The van der Waals surface area contributed by atoms with Crippen LogP contribution < -0.4 is 10.2 Å². The van der Waals surface area contributed by atoms with Gasteiger partial charge in [-0.1, -0.05) is 0 Å². The zero-order valence-corrected chi connectivity index (χ0v) is 16.4. The number of nitrogens with one attached hydrogen (secondary N) is 1. The van der Waals surface area contributed by atoms with Crippen molar-refractivity contribution in [1.82, 2.24) is 9.78 Å². The Morgan fingerprint density at radius 1 is 1.17 bits per heavy atom. The maximum atomic E-state index is 13.1. The number of rotatable bonds is 5. The van der Waals surface area contributed by atoms with Gasteiger partial charge in [-0.3, -0.25) is 9.48 Å².